The van der Waals surface area contributed by atoms with E-state index < -0.39 is 0 Å². The van der Waals surface area contributed by atoms with E-state index in [1.54, 1.807) is 7.11 Å². The summed E-state index contributed by atoms with van der Waals surface area (Å²) in [5.74, 6) is 1.39. The van der Waals surface area contributed by atoms with E-state index in [-0.39, 0.29) is 0 Å². The van der Waals surface area contributed by atoms with E-state index in [1.165, 1.54) is 0 Å². The van der Waals surface area contributed by atoms with E-state index in [2.05, 4.69) is 28.2 Å². The number of rotatable bonds is 7. The lowest BCUT2D eigenvalue weighted by Gasteiger charge is -2.16. The van der Waals surface area contributed by atoms with Gasteiger partial charge in [0, 0.05) is 17.3 Å². The van der Waals surface area contributed by atoms with E-state index in [0.29, 0.717) is 29.7 Å². The standard InChI is InChI=1S/C22H21BrClNO2/c1-15-8-9-18(24)12-20(15)25-13-17-10-19(23)22(21(11-17)26-2)27-14-16-6-4-3-5-7-16/h3-12,25H,13-14H2,1-2H3. The predicted molar refractivity (Wildman–Crippen MR) is 115 cm³/mol. The lowest BCUT2D eigenvalue weighted by Crippen LogP contribution is -2.03. The summed E-state index contributed by atoms with van der Waals surface area (Å²) >= 11 is 9.70. The number of anilines is 1. The maximum absolute atomic E-state index is 6.09. The van der Waals surface area contributed by atoms with Gasteiger partial charge in [-0.1, -0.05) is 48.0 Å². The van der Waals surface area contributed by atoms with Crippen LogP contribution < -0.4 is 14.8 Å². The van der Waals surface area contributed by atoms with E-state index in [9.17, 15) is 0 Å². The molecule has 0 radical (unpaired) electrons. The number of hydrogen-bond donors (Lipinski definition) is 1. The number of benzene rings is 3. The average Bonchev–Trinajstić information content (AvgIpc) is 2.68. The molecular weight excluding hydrogens is 426 g/mol. The lowest BCUT2D eigenvalue weighted by atomic mass is 10.1. The van der Waals surface area contributed by atoms with Crippen LogP contribution in [0.2, 0.25) is 5.02 Å². The monoisotopic (exact) mass is 445 g/mol. The minimum absolute atomic E-state index is 0.481. The van der Waals surface area contributed by atoms with Crippen LogP contribution in [0.4, 0.5) is 5.69 Å². The molecule has 0 saturated heterocycles. The molecule has 0 saturated carbocycles. The van der Waals surface area contributed by atoms with Gasteiger partial charge < -0.3 is 14.8 Å². The second-order valence-corrected chi connectivity index (χ2v) is 7.49. The largest absolute Gasteiger partial charge is 0.493 e. The second-order valence-electron chi connectivity index (χ2n) is 6.20. The van der Waals surface area contributed by atoms with Crippen LogP contribution in [0.3, 0.4) is 0 Å². The predicted octanol–water partition coefficient (Wildman–Crippen LogP) is 6.61. The van der Waals surface area contributed by atoms with Gasteiger partial charge in [0.2, 0.25) is 0 Å². The van der Waals surface area contributed by atoms with Crippen LogP contribution in [0.25, 0.3) is 0 Å². The zero-order chi connectivity index (χ0) is 19.2. The van der Waals surface area contributed by atoms with Crippen LogP contribution in [-0.4, -0.2) is 7.11 Å². The first-order valence-corrected chi connectivity index (χ1v) is 9.77. The molecule has 0 aliphatic rings. The summed E-state index contributed by atoms with van der Waals surface area (Å²) < 4.78 is 12.4. The van der Waals surface area contributed by atoms with Crippen LogP contribution in [0.5, 0.6) is 11.5 Å². The molecule has 0 heterocycles. The summed E-state index contributed by atoms with van der Waals surface area (Å²) in [6.45, 7) is 3.18. The Labute approximate surface area is 173 Å². The summed E-state index contributed by atoms with van der Waals surface area (Å²) in [5.41, 5.74) is 4.34. The second kappa shape index (κ2) is 9.16. The van der Waals surface area contributed by atoms with Crippen LogP contribution in [0.15, 0.2) is 65.1 Å². The van der Waals surface area contributed by atoms with Crippen LogP contribution in [-0.2, 0) is 13.2 Å². The number of methoxy groups -OCH3 is 1. The molecule has 0 spiro atoms. The molecule has 0 amide bonds. The third kappa shape index (κ3) is 5.18. The van der Waals surface area contributed by atoms with Crippen molar-refractivity contribution in [1.29, 1.82) is 0 Å². The van der Waals surface area contributed by atoms with Gasteiger partial charge in [0.1, 0.15) is 6.61 Å². The third-order valence-corrected chi connectivity index (χ3v) is 5.02. The van der Waals surface area contributed by atoms with Gasteiger partial charge in [-0.05, 0) is 63.8 Å². The van der Waals surface area contributed by atoms with Gasteiger partial charge >= 0.3 is 0 Å². The molecule has 0 fully saturated rings. The molecule has 0 aliphatic carbocycles. The molecule has 0 unspecified atom stereocenters. The van der Waals surface area contributed by atoms with Gasteiger partial charge in [0.25, 0.3) is 0 Å². The minimum atomic E-state index is 0.481. The van der Waals surface area contributed by atoms with Crippen molar-refractivity contribution in [2.24, 2.45) is 0 Å². The van der Waals surface area contributed by atoms with Crippen molar-refractivity contribution in [1.82, 2.24) is 0 Å². The molecule has 0 aliphatic heterocycles. The molecule has 1 N–H and O–H groups in total. The van der Waals surface area contributed by atoms with E-state index in [0.717, 1.165) is 26.9 Å². The Morgan fingerprint density at radius 3 is 2.52 bits per heavy atom. The zero-order valence-corrected chi connectivity index (χ0v) is 17.6. The molecule has 3 aromatic carbocycles. The summed E-state index contributed by atoms with van der Waals surface area (Å²) in [4.78, 5) is 0. The third-order valence-electron chi connectivity index (χ3n) is 4.20. The fraction of sp³-hybridized carbons (Fsp3) is 0.182. The normalized spacial score (nSPS) is 10.5. The van der Waals surface area contributed by atoms with Crippen LogP contribution >= 0.6 is 27.5 Å². The number of hydrogen-bond acceptors (Lipinski definition) is 3. The van der Waals surface area contributed by atoms with Gasteiger partial charge in [-0.25, -0.2) is 0 Å². The first-order chi connectivity index (χ1) is 13.1. The first kappa shape index (κ1) is 19.6. The van der Waals surface area contributed by atoms with Crippen molar-refractivity contribution in [2.45, 2.75) is 20.1 Å². The molecule has 3 aromatic rings. The van der Waals surface area contributed by atoms with Crippen molar-refractivity contribution in [3.05, 3.63) is 86.8 Å². The Kier molecular flexibility index (Phi) is 6.64. The first-order valence-electron chi connectivity index (χ1n) is 8.60. The number of ether oxygens (including phenoxy) is 2. The quantitative estimate of drug-likeness (QED) is 0.443. The fourth-order valence-electron chi connectivity index (χ4n) is 2.73. The maximum Gasteiger partial charge on any atom is 0.175 e. The minimum Gasteiger partial charge on any atom is -0.493 e. The molecule has 0 atom stereocenters. The van der Waals surface area contributed by atoms with Gasteiger partial charge in [-0.3, -0.25) is 0 Å². The van der Waals surface area contributed by atoms with Crippen molar-refractivity contribution in [2.75, 3.05) is 12.4 Å². The van der Waals surface area contributed by atoms with Crippen molar-refractivity contribution in [3.63, 3.8) is 0 Å². The van der Waals surface area contributed by atoms with Gasteiger partial charge in [-0.15, -0.1) is 0 Å². The topological polar surface area (TPSA) is 30.5 Å². The van der Waals surface area contributed by atoms with E-state index in [4.69, 9.17) is 21.1 Å². The fourth-order valence-corrected chi connectivity index (χ4v) is 3.50. The molecule has 5 heteroatoms. The smallest absolute Gasteiger partial charge is 0.175 e. The summed E-state index contributed by atoms with van der Waals surface area (Å²) in [6, 6.07) is 19.9. The maximum atomic E-state index is 6.09. The Bertz CT molecular complexity index is 916. The summed E-state index contributed by atoms with van der Waals surface area (Å²) in [6.07, 6.45) is 0. The molecular formula is C22H21BrClNO2. The van der Waals surface area contributed by atoms with E-state index in [1.807, 2.05) is 60.7 Å². The average molecular weight is 447 g/mol. The molecule has 3 nitrogen and oxygen atoms in total. The van der Waals surface area contributed by atoms with Crippen LogP contribution in [0, 0.1) is 6.92 Å². The zero-order valence-electron chi connectivity index (χ0n) is 15.3. The van der Waals surface area contributed by atoms with Crippen molar-refractivity contribution >= 4 is 33.2 Å². The summed E-state index contributed by atoms with van der Waals surface area (Å²) in [7, 11) is 1.65. The highest BCUT2D eigenvalue weighted by Gasteiger charge is 2.12. The number of aryl methyl sites for hydroxylation is 1. The Morgan fingerprint density at radius 2 is 1.78 bits per heavy atom. The highest BCUT2D eigenvalue weighted by atomic mass is 79.9. The number of halogens is 2. The molecule has 3 rings (SSSR count). The molecule has 0 aromatic heterocycles. The molecule has 140 valence electrons. The molecule has 27 heavy (non-hydrogen) atoms. The van der Waals surface area contributed by atoms with Crippen molar-refractivity contribution in [3.8, 4) is 11.5 Å². The van der Waals surface area contributed by atoms with Crippen molar-refractivity contribution < 1.29 is 9.47 Å². The van der Waals surface area contributed by atoms with Crippen LogP contribution in [0.1, 0.15) is 16.7 Å². The van der Waals surface area contributed by atoms with Gasteiger partial charge in [-0.2, -0.15) is 0 Å². The lowest BCUT2D eigenvalue weighted by molar-refractivity contribution is 0.282. The Balaban J connectivity index is 1.74. The Hall–Kier alpha value is -2.17. The number of nitrogens with one attached hydrogen (secondary N) is 1. The molecule has 0 bridgehead atoms. The highest BCUT2D eigenvalue weighted by molar-refractivity contribution is 9.10. The Morgan fingerprint density at radius 1 is 1.00 bits per heavy atom. The van der Waals surface area contributed by atoms with E-state index >= 15 is 0 Å². The highest BCUT2D eigenvalue weighted by Crippen LogP contribution is 2.37. The summed E-state index contributed by atoms with van der Waals surface area (Å²) in [5, 5.41) is 4.14. The van der Waals surface area contributed by atoms with Gasteiger partial charge in [0.15, 0.2) is 11.5 Å². The SMILES string of the molecule is COc1cc(CNc2cc(Cl)ccc2C)cc(Br)c1OCc1ccccc1. The van der Waals surface area contributed by atoms with Gasteiger partial charge in [0.05, 0.1) is 11.6 Å².